The minimum absolute atomic E-state index is 0.0163. The number of fused-ring (bicyclic) bond motifs is 1. The van der Waals surface area contributed by atoms with Gasteiger partial charge in [0.25, 0.3) is 0 Å². The summed E-state index contributed by atoms with van der Waals surface area (Å²) in [5.74, 6) is 1.99. The van der Waals surface area contributed by atoms with E-state index in [4.69, 9.17) is 0 Å². The van der Waals surface area contributed by atoms with Gasteiger partial charge in [0.1, 0.15) is 18.7 Å². The van der Waals surface area contributed by atoms with Crippen LogP contribution in [0.3, 0.4) is 0 Å². The van der Waals surface area contributed by atoms with Gasteiger partial charge in [-0.3, -0.25) is 0 Å². The van der Waals surface area contributed by atoms with Gasteiger partial charge < -0.3 is 0 Å². The number of halogens is 1. The molecule has 4 aromatic rings. The standard InChI is InChI=1S/C30H36FN4/c1-17(2)27-32-28(18(3)4)34-29(33-27)21-14-25(31)26(35(9)16-21)22-15-23-20(13-19(22)5)11-10-12-24(23)30(6,7)8/h10-18H,1-9H3/q+1. The topological polar surface area (TPSA) is 42.6 Å². The first kappa shape index (κ1) is 24.9. The van der Waals surface area contributed by atoms with Crippen molar-refractivity contribution in [3.8, 4) is 22.6 Å². The highest BCUT2D eigenvalue weighted by molar-refractivity contribution is 5.91. The lowest BCUT2D eigenvalue weighted by Crippen LogP contribution is -2.32. The van der Waals surface area contributed by atoms with Crippen LogP contribution in [0.5, 0.6) is 0 Å². The maximum atomic E-state index is 15.8. The number of hydrogen-bond donors (Lipinski definition) is 0. The van der Waals surface area contributed by atoms with E-state index >= 15 is 4.39 Å². The first-order chi connectivity index (χ1) is 16.4. The molecule has 2 heterocycles. The highest BCUT2D eigenvalue weighted by Crippen LogP contribution is 2.35. The molecule has 0 aliphatic rings. The van der Waals surface area contributed by atoms with Gasteiger partial charge in [-0.05, 0) is 46.4 Å². The quantitative estimate of drug-likeness (QED) is 0.296. The van der Waals surface area contributed by atoms with Gasteiger partial charge in [0.2, 0.25) is 5.69 Å². The molecule has 0 N–H and O–H groups in total. The van der Waals surface area contributed by atoms with E-state index in [-0.39, 0.29) is 23.1 Å². The highest BCUT2D eigenvalue weighted by atomic mass is 19.1. The molecule has 5 heteroatoms. The Kier molecular flexibility index (Phi) is 6.48. The largest absolute Gasteiger partial charge is 0.248 e. The molecule has 0 saturated carbocycles. The molecule has 4 nitrogen and oxygen atoms in total. The molecule has 0 unspecified atom stereocenters. The lowest BCUT2D eigenvalue weighted by molar-refractivity contribution is -0.661. The lowest BCUT2D eigenvalue weighted by Gasteiger charge is -2.22. The molecule has 0 radical (unpaired) electrons. The van der Waals surface area contributed by atoms with Crippen molar-refractivity contribution in [1.29, 1.82) is 0 Å². The van der Waals surface area contributed by atoms with Crippen molar-refractivity contribution in [3.63, 3.8) is 0 Å². The summed E-state index contributed by atoms with van der Waals surface area (Å²) in [7, 11) is 1.88. The second kappa shape index (κ2) is 9.10. The zero-order valence-corrected chi connectivity index (χ0v) is 22.4. The summed E-state index contributed by atoms with van der Waals surface area (Å²) in [6, 6.07) is 12.2. The van der Waals surface area contributed by atoms with Crippen LogP contribution in [0.25, 0.3) is 33.4 Å². The van der Waals surface area contributed by atoms with Gasteiger partial charge in [-0.25, -0.2) is 15.0 Å². The highest BCUT2D eigenvalue weighted by Gasteiger charge is 2.25. The van der Waals surface area contributed by atoms with E-state index < -0.39 is 0 Å². The van der Waals surface area contributed by atoms with Gasteiger partial charge in [-0.1, -0.05) is 72.7 Å². The molecular weight excluding hydrogens is 435 g/mol. The van der Waals surface area contributed by atoms with E-state index in [1.54, 1.807) is 6.07 Å². The van der Waals surface area contributed by atoms with Crippen molar-refractivity contribution in [2.24, 2.45) is 7.05 Å². The van der Waals surface area contributed by atoms with Crippen LogP contribution in [0, 0.1) is 12.7 Å². The maximum Gasteiger partial charge on any atom is 0.248 e. The molecular formula is C30H36FN4+. The van der Waals surface area contributed by atoms with Crippen molar-refractivity contribution in [1.82, 2.24) is 15.0 Å². The van der Waals surface area contributed by atoms with Crippen LogP contribution in [0.1, 0.15) is 83.1 Å². The summed E-state index contributed by atoms with van der Waals surface area (Å²) in [6.07, 6.45) is 1.92. The van der Waals surface area contributed by atoms with Crippen molar-refractivity contribution < 1.29 is 8.96 Å². The summed E-state index contributed by atoms with van der Waals surface area (Å²) in [5, 5.41) is 2.33. The first-order valence-corrected chi connectivity index (χ1v) is 12.4. The second-order valence-corrected chi connectivity index (χ2v) is 11.2. The van der Waals surface area contributed by atoms with Gasteiger partial charge in [-0.2, -0.15) is 8.96 Å². The number of nitrogens with zero attached hydrogens (tertiary/aromatic N) is 4. The minimum atomic E-state index is -0.293. The van der Waals surface area contributed by atoms with Gasteiger partial charge in [-0.15, -0.1) is 0 Å². The van der Waals surface area contributed by atoms with E-state index in [0.29, 0.717) is 17.1 Å². The molecule has 0 aliphatic heterocycles. The van der Waals surface area contributed by atoms with Crippen LogP contribution in [-0.2, 0) is 12.5 Å². The van der Waals surface area contributed by atoms with Crippen molar-refractivity contribution in [3.05, 3.63) is 71.2 Å². The lowest BCUT2D eigenvalue weighted by atomic mass is 9.82. The monoisotopic (exact) mass is 471 g/mol. The van der Waals surface area contributed by atoms with Crippen LogP contribution in [-0.4, -0.2) is 15.0 Å². The Labute approximate surface area is 208 Å². The molecule has 4 rings (SSSR count). The number of aromatic nitrogens is 4. The molecule has 182 valence electrons. The SMILES string of the molecule is Cc1cc2cccc(C(C)(C)C)c2cc1-c1c(F)cc(-c2nc(C(C)C)nc(C(C)C)n2)c[n+]1C. The Hall–Kier alpha value is -3.21. The van der Waals surface area contributed by atoms with E-state index in [0.717, 1.165) is 28.2 Å². The summed E-state index contributed by atoms with van der Waals surface area (Å²) in [4.78, 5) is 13.9. The van der Waals surface area contributed by atoms with Gasteiger partial charge in [0.05, 0.1) is 11.1 Å². The number of benzene rings is 2. The van der Waals surface area contributed by atoms with E-state index in [2.05, 4.69) is 93.7 Å². The molecule has 35 heavy (non-hydrogen) atoms. The zero-order chi connectivity index (χ0) is 25.7. The van der Waals surface area contributed by atoms with Gasteiger partial charge >= 0.3 is 0 Å². The molecule has 0 fully saturated rings. The zero-order valence-electron chi connectivity index (χ0n) is 22.4. The molecule has 2 aromatic carbocycles. The molecule has 0 aliphatic carbocycles. The van der Waals surface area contributed by atoms with Gasteiger partial charge in [0, 0.05) is 11.8 Å². The van der Waals surface area contributed by atoms with Crippen LogP contribution >= 0.6 is 0 Å². The second-order valence-electron chi connectivity index (χ2n) is 11.2. The molecule has 0 saturated heterocycles. The number of rotatable bonds is 4. The third kappa shape index (κ3) is 4.82. The maximum absolute atomic E-state index is 15.8. The van der Waals surface area contributed by atoms with E-state index in [9.17, 15) is 0 Å². The van der Waals surface area contributed by atoms with E-state index in [1.807, 2.05) is 24.7 Å². The number of aryl methyl sites for hydroxylation is 2. The Bertz CT molecular complexity index is 1370. The summed E-state index contributed by atoms with van der Waals surface area (Å²) < 4.78 is 17.7. The fourth-order valence-electron chi connectivity index (χ4n) is 4.53. The fraction of sp³-hybridized carbons (Fsp3) is 0.400. The van der Waals surface area contributed by atoms with Crippen LogP contribution in [0.15, 0.2) is 42.6 Å². The molecule has 0 bridgehead atoms. The minimum Gasteiger partial charge on any atom is -0.217 e. The molecule has 2 aromatic heterocycles. The predicted molar refractivity (Wildman–Crippen MR) is 141 cm³/mol. The Morgan fingerprint density at radius 1 is 0.886 bits per heavy atom. The van der Waals surface area contributed by atoms with Crippen LogP contribution in [0.4, 0.5) is 4.39 Å². The third-order valence-electron chi connectivity index (χ3n) is 6.44. The average molecular weight is 472 g/mol. The van der Waals surface area contributed by atoms with Crippen LogP contribution in [0.2, 0.25) is 0 Å². The molecule has 0 amide bonds. The smallest absolute Gasteiger partial charge is 0.217 e. The Balaban J connectivity index is 1.90. The van der Waals surface area contributed by atoms with Crippen molar-refractivity contribution in [2.45, 2.75) is 72.6 Å². The molecule has 0 spiro atoms. The van der Waals surface area contributed by atoms with Crippen LogP contribution < -0.4 is 4.57 Å². The predicted octanol–water partition coefficient (Wildman–Crippen LogP) is 7.18. The summed E-state index contributed by atoms with van der Waals surface area (Å²) in [5.41, 5.74) is 4.37. The van der Waals surface area contributed by atoms with Gasteiger partial charge in [0.15, 0.2) is 17.8 Å². The number of hydrogen-bond acceptors (Lipinski definition) is 3. The third-order valence-corrected chi connectivity index (χ3v) is 6.44. The fourth-order valence-corrected chi connectivity index (χ4v) is 4.53. The van der Waals surface area contributed by atoms with Crippen molar-refractivity contribution >= 4 is 10.8 Å². The molecule has 0 atom stereocenters. The van der Waals surface area contributed by atoms with Crippen molar-refractivity contribution in [2.75, 3.05) is 0 Å². The van der Waals surface area contributed by atoms with E-state index in [1.165, 1.54) is 10.9 Å². The summed E-state index contributed by atoms with van der Waals surface area (Å²) >= 11 is 0. The first-order valence-electron chi connectivity index (χ1n) is 12.4. The number of pyridine rings is 1. The average Bonchev–Trinajstić information content (AvgIpc) is 2.77. The Morgan fingerprint density at radius 3 is 2.06 bits per heavy atom. The summed E-state index contributed by atoms with van der Waals surface area (Å²) in [6.45, 7) is 16.9. The normalized spacial score (nSPS) is 12.2. The Morgan fingerprint density at radius 2 is 1.51 bits per heavy atom.